The van der Waals surface area contributed by atoms with Gasteiger partial charge in [-0.3, -0.25) is 0 Å². The summed E-state index contributed by atoms with van der Waals surface area (Å²) >= 11 is 0. The third-order valence-electron chi connectivity index (χ3n) is 2.81. The molecule has 0 saturated carbocycles. The van der Waals surface area contributed by atoms with Crippen molar-refractivity contribution in [1.29, 1.82) is 0 Å². The van der Waals surface area contributed by atoms with Crippen LogP contribution in [0.2, 0.25) is 0 Å². The smallest absolute Gasteiger partial charge is 0.00201 e. The maximum atomic E-state index is 3.45. The molecule has 1 saturated heterocycles. The van der Waals surface area contributed by atoms with Gasteiger partial charge >= 0.3 is 0 Å². The molecule has 1 N–H and O–H groups in total. The van der Waals surface area contributed by atoms with E-state index in [0.29, 0.717) is 0 Å². The fourth-order valence-corrected chi connectivity index (χ4v) is 2.06. The van der Waals surface area contributed by atoms with Gasteiger partial charge in [0.15, 0.2) is 0 Å². The van der Waals surface area contributed by atoms with Gasteiger partial charge in [0.05, 0.1) is 0 Å². The Labute approximate surface area is 80.2 Å². The van der Waals surface area contributed by atoms with E-state index in [1.165, 1.54) is 30.5 Å². The summed E-state index contributed by atoms with van der Waals surface area (Å²) in [6, 6.07) is 8.90. The number of aryl methyl sites for hydroxylation is 1. The molecule has 0 bridgehead atoms. The second kappa shape index (κ2) is 3.93. The van der Waals surface area contributed by atoms with Gasteiger partial charge in [0, 0.05) is 6.54 Å². The highest BCUT2D eigenvalue weighted by Crippen LogP contribution is 2.23. The van der Waals surface area contributed by atoms with Crippen LogP contribution in [-0.2, 0) is 0 Å². The Kier molecular flexibility index (Phi) is 2.65. The first-order valence-corrected chi connectivity index (χ1v) is 5.13. The van der Waals surface area contributed by atoms with Gasteiger partial charge in [-0.15, -0.1) is 0 Å². The van der Waals surface area contributed by atoms with Crippen LogP contribution in [0.25, 0.3) is 0 Å². The van der Waals surface area contributed by atoms with E-state index in [4.69, 9.17) is 0 Å². The number of piperidine rings is 1. The first-order valence-electron chi connectivity index (χ1n) is 5.13. The van der Waals surface area contributed by atoms with E-state index in [1.807, 2.05) is 0 Å². The predicted molar refractivity (Wildman–Crippen MR) is 56.0 cm³/mol. The molecule has 1 aliphatic rings. The maximum Gasteiger partial charge on any atom is 0.00201 e. The Morgan fingerprint density at radius 3 is 3.00 bits per heavy atom. The minimum Gasteiger partial charge on any atom is -0.316 e. The zero-order valence-electron chi connectivity index (χ0n) is 8.22. The monoisotopic (exact) mass is 175 g/mol. The van der Waals surface area contributed by atoms with E-state index in [9.17, 15) is 0 Å². The van der Waals surface area contributed by atoms with E-state index in [1.54, 1.807) is 0 Å². The van der Waals surface area contributed by atoms with Crippen LogP contribution in [-0.4, -0.2) is 13.1 Å². The fraction of sp³-hybridized carbons (Fsp3) is 0.500. The van der Waals surface area contributed by atoms with Crippen molar-refractivity contribution < 1.29 is 0 Å². The number of benzene rings is 1. The molecular weight excluding hydrogens is 158 g/mol. The molecule has 1 heterocycles. The van der Waals surface area contributed by atoms with Crippen LogP contribution >= 0.6 is 0 Å². The third kappa shape index (κ3) is 2.10. The van der Waals surface area contributed by atoms with E-state index in [-0.39, 0.29) is 0 Å². The third-order valence-corrected chi connectivity index (χ3v) is 2.81. The highest BCUT2D eigenvalue weighted by Gasteiger charge is 2.14. The normalized spacial score (nSPS) is 23.0. The molecule has 1 atom stereocenters. The lowest BCUT2D eigenvalue weighted by atomic mass is 9.91. The minimum absolute atomic E-state index is 0.744. The van der Waals surface area contributed by atoms with Crippen LogP contribution in [0.3, 0.4) is 0 Å². The number of nitrogens with one attached hydrogen (secondary N) is 1. The lowest BCUT2D eigenvalue weighted by molar-refractivity contribution is 0.461. The standard InChI is InChI=1S/C12H17N/c1-10-4-2-5-11(8-10)12-6-3-7-13-9-12/h2,4-5,8,12-13H,3,6-7,9H2,1H3/t12-/m0/s1. The highest BCUT2D eigenvalue weighted by molar-refractivity contribution is 5.26. The predicted octanol–water partition coefficient (Wildman–Crippen LogP) is 2.46. The zero-order valence-corrected chi connectivity index (χ0v) is 8.22. The van der Waals surface area contributed by atoms with Gasteiger partial charge in [0.2, 0.25) is 0 Å². The zero-order chi connectivity index (χ0) is 9.10. The minimum atomic E-state index is 0.744. The summed E-state index contributed by atoms with van der Waals surface area (Å²) in [6.45, 7) is 4.52. The molecule has 1 aliphatic heterocycles. The van der Waals surface area contributed by atoms with Crippen molar-refractivity contribution in [1.82, 2.24) is 5.32 Å². The van der Waals surface area contributed by atoms with E-state index >= 15 is 0 Å². The average molecular weight is 175 g/mol. The Morgan fingerprint density at radius 1 is 1.38 bits per heavy atom. The quantitative estimate of drug-likeness (QED) is 0.691. The maximum absolute atomic E-state index is 3.45. The van der Waals surface area contributed by atoms with Crippen molar-refractivity contribution >= 4 is 0 Å². The van der Waals surface area contributed by atoms with Crippen molar-refractivity contribution in [2.45, 2.75) is 25.7 Å². The van der Waals surface area contributed by atoms with Gasteiger partial charge in [-0.2, -0.15) is 0 Å². The molecular formula is C12H17N. The molecule has 1 aromatic carbocycles. The summed E-state index contributed by atoms with van der Waals surface area (Å²) in [7, 11) is 0. The highest BCUT2D eigenvalue weighted by atomic mass is 14.9. The molecule has 0 spiro atoms. The summed E-state index contributed by atoms with van der Waals surface area (Å²) in [4.78, 5) is 0. The first-order chi connectivity index (χ1) is 6.36. The lowest BCUT2D eigenvalue weighted by Crippen LogP contribution is -2.28. The van der Waals surface area contributed by atoms with Gasteiger partial charge in [-0.25, -0.2) is 0 Å². The average Bonchev–Trinajstić information content (AvgIpc) is 2.19. The summed E-state index contributed by atoms with van der Waals surface area (Å²) in [5.74, 6) is 0.744. The second-order valence-corrected chi connectivity index (χ2v) is 3.96. The molecule has 13 heavy (non-hydrogen) atoms. The van der Waals surface area contributed by atoms with E-state index in [2.05, 4.69) is 36.5 Å². The van der Waals surface area contributed by atoms with Gasteiger partial charge in [0.25, 0.3) is 0 Å². The summed E-state index contributed by atoms with van der Waals surface area (Å²) in [6.07, 6.45) is 2.66. The Hall–Kier alpha value is -0.820. The Morgan fingerprint density at radius 2 is 2.31 bits per heavy atom. The first kappa shape index (κ1) is 8.76. The molecule has 2 rings (SSSR count). The Balaban J connectivity index is 2.14. The topological polar surface area (TPSA) is 12.0 Å². The van der Waals surface area contributed by atoms with E-state index in [0.717, 1.165) is 12.5 Å². The van der Waals surface area contributed by atoms with E-state index < -0.39 is 0 Å². The molecule has 0 radical (unpaired) electrons. The van der Waals surface area contributed by atoms with Crippen molar-refractivity contribution in [2.24, 2.45) is 0 Å². The number of rotatable bonds is 1. The van der Waals surface area contributed by atoms with Crippen molar-refractivity contribution in [2.75, 3.05) is 13.1 Å². The number of hydrogen-bond donors (Lipinski definition) is 1. The molecule has 1 aromatic rings. The largest absolute Gasteiger partial charge is 0.316 e. The van der Waals surface area contributed by atoms with Crippen LogP contribution < -0.4 is 5.32 Å². The molecule has 0 unspecified atom stereocenters. The summed E-state index contributed by atoms with van der Waals surface area (Å²) in [5.41, 5.74) is 2.88. The van der Waals surface area contributed by atoms with Crippen molar-refractivity contribution in [3.05, 3.63) is 35.4 Å². The van der Waals surface area contributed by atoms with Crippen LogP contribution in [0, 0.1) is 6.92 Å². The van der Waals surface area contributed by atoms with Gasteiger partial charge in [0.1, 0.15) is 0 Å². The molecule has 0 aromatic heterocycles. The van der Waals surface area contributed by atoms with Gasteiger partial charge < -0.3 is 5.32 Å². The second-order valence-electron chi connectivity index (χ2n) is 3.96. The summed E-state index contributed by atoms with van der Waals surface area (Å²) in [5, 5.41) is 3.45. The fourth-order valence-electron chi connectivity index (χ4n) is 2.06. The van der Waals surface area contributed by atoms with Gasteiger partial charge in [-0.05, 0) is 37.8 Å². The molecule has 0 aliphatic carbocycles. The van der Waals surface area contributed by atoms with Crippen molar-refractivity contribution in [3.63, 3.8) is 0 Å². The molecule has 1 heteroatoms. The SMILES string of the molecule is Cc1cccc([C@H]2CCCNC2)c1. The van der Waals surface area contributed by atoms with Crippen molar-refractivity contribution in [3.8, 4) is 0 Å². The van der Waals surface area contributed by atoms with Crippen LogP contribution in [0.15, 0.2) is 24.3 Å². The lowest BCUT2D eigenvalue weighted by Gasteiger charge is -2.23. The van der Waals surface area contributed by atoms with Gasteiger partial charge in [-0.1, -0.05) is 29.8 Å². The molecule has 1 nitrogen and oxygen atoms in total. The van der Waals surface area contributed by atoms with Crippen LogP contribution in [0.4, 0.5) is 0 Å². The number of hydrogen-bond acceptors (Lipinski definition) is 1. The van der Waals surface area contributed by atoms with Crippen LogP contribution in [0.5, 0.6) is 0 Å². The molecule has 1 fully saturated rings. The molecule has 70 valence electrons. The Bertz CT molecular complexity index is 274. The van der Waals surface area contributed by atoms with Crippen LogP contribution in [0.1, 0.15) is 29.9 Å². The summed E-state index contributed by atoms with van der Waals surface area (Å²) < 4.78 is 0. The molecule has 0 amide bonds.